The van der Waals surface area contributed by atoms with Gasteiger partial charge in [-0.3, -0.25) is 9.59 Å². The van der Waals surface area contributed by atoms with Crippen LogP contribution in [0.15, 0.2) is 36.5 Å². The number of hydrogen-bond donors (Lipinski definition) is 0. The number of carbonyl (C=O) groups excluding carboxylic acids is 2. The van der Waals surface area contributed by atoms with E-state index in [0.29, 0.717) is 12.8 Å². The first-order chi connectivity index (χ1) is 20.6. The Hall–Kier alpha value is -1.55. The second-order valence-corrected chi connectivity index (χ2v) is 11.9. The van der Waals surface area contributed by atoms with Gasteiger partial charge in [-0.05, 0) is 44.9 Å². The summed E-state index contributed by atoms with van der Waals surface area (Å²) >= 11 is 5.95. The van der Waals surface area contributed by atoms with E-state index in [9.17, 15) is 9.59 Å². The molecule has 0 rings (SSSR count). The van der Waals surface area contributed by atoms with Crippen LogP contribution in [0.1, 0.15) is 168 Å². The fourth-order valence-corrected chi connectivity index (χ4v) is 4.94. The van der Waals surface area contributed by atoms with Crippen molar-refractivity contribution in [2.24, 2.45) is 0 Å². The predicted molar refractivity (Wildman–Crippen MR) is 181 cm³/mol. The highest BCUT2D eigenvalue weighted by molar-refractivity contribution is 6.18. The van der Waals surface area contributed by atoms with Gasteiger partial charge in [0.05, 0.1) is 5.88 Å². The molecular formula is C37H65ClO4. The summed E-state index contributed by atoms with van der Waals surface area (Å²) in [5.74, 6) is -0.346. The molecule has 5 heteroatoms. The third-order valence-electron chi connectivity index (χ3n) is 7.42. The lowest BCUT2D eigenvalue weighted by Crippen LogP contribution is -2.26. The van der Waals surface area contributed by atoms with Crippen LogP contribution in [0.3, 0.4) is 0 Å². The van der Waals surface area contributed by atoms with E-state index >= 15 is 0 Å². The van der Waals surface area contributed by atoms with Crippen LogP contribution < -0.4 is 0 Å². The summed E-state index contributed by atoms with van der Waals surface area (Å²) in [6, 6.07) is 0. The van der Waals surface area contributed by atoms with E-state index in [1.54, 1.807) is 0 Å². The van der Waals surface area contributed by atoms with Gasteiger partial charge in [-0.15, -0.1) is 11.6 Å². The van der Waals surface area contributed by atoms with Gasteiger partial charge in [0.2, 0.25) is 0 Å². The normalized spacial score (nSPS) is 12.5. The van der Waals surface area contributed by atoms with Crippen molar-refractivity contribution in [3.8, 4) is 0 Å². The van der Waals surface area contributed by atoms with Crippen molar-refractivity contribution in [1.82, 2.24) is 0 Å². The molecule has 0 amide bonds. The Labute approximate surface area is 265 Å². The summed E-state index contributed by atoms with van der Waals surface area (Å²) in [7, 11) is 0. The lowest BCUT2D eigenvalue weighted by molar-refractivity contribution is -0.157. The van der Waals surface area contributed by atoms with Crippen molar-refractivity contribution in [2.75, 3.05) is 12.5 Å². The number of allylic oxidation sites excluding steroid dienone is 6. The first-order valence-electron chi connectivity index (χ1n) is 17.5. The lowest BCUT2D eigenvalue weighted by Gasteiger charge is -2.15. The van der Waals surface area contributed by atoms with E-state index < -0.39 is 6.10 Å². The minimum Gasteiger partial charge on any atom is -0.462 e. The van der Waals surface area contributed by atoms with E-state index in [0.717, 1.165) is 57.8 Å². The molecule has 0 unspecified atom stereocenters. The van der Waals surface area contributed by atoms with Crippen LogP contribution in [0.25, 0.3) is 0 Å². The Morgan fingerprint density at radius 2 is 1.02 bits per heavy atom. The highest BCUT2D eigenvalue weighted by Crippen LogP contribution is 2.14. The van der Waals surface area contributed by atoms with Gasteiger partial charge in [0.1, 0.15) is 12.7 Å². The molecule has 0 aliphatic carbocycles. The van der Waals surface area contributed by atoms with Crippen molar-refractivity contribution in [1.29, 1.82) is 0 Å². The topological polar surface area (TPSA) is 52.6 Å². The molecule has 0 aromatic carbocycles. The summed E-state index contributed by atoms with van der Waals surface area (Å²) in [6.07, 6.45) is 39.7. The second-order valence-electron chi connectivity index (χ2n) is 11.5. The summed E-state index contributed by atoms with van der Waals surface area (Å²) < 4.78 is 10.7. The average Bonchev–Trinajstić information content (AvgIpc) is 2.99. The van der Waals surface area contributed by atoms with Crippen molar-refractivity contribution in [2.45, 2.75) is 174 Å². The van der Waals surface area contributed by atoms with E-state index in [1.807, 2.05) is 0 Å². The molecule has 0 heterocycles. The number of hydrogen-bond acceptors (Lipinski definition) is 4. The van der Waals surface area contributed by atoms with Gasteiger partial charge in [0.15, 0.2) is 0 Å². The molecule has 4 nitrogen and oxygen atoms in total. The minimum atomic E-state index is -0.566. The maximum absolute atomic E-state index is 12.2. The molecule has 0 fully saturated rings. The summed E-state index contributed by atoms with van der Waals surface area (Å²) in [5, 5.41) is 0. The van der Waals surface area contributed by atoms with Crippen molar-refractivity contribution in [3.05, 3.63) is 36.5 Å². The molecule has 0 aromatic heterocycles. The molecule has 244 valence electrons. The molecule has 1 atom stereocenters. The van der Waals surface area contributed by atoms with Gasteiger partial charge >= 0.3 is 11.9 Å². The average molecular weight is 609 g/mol. The zero-order chi connectivity index (χ0) is 30.8. The van der Waals surface area contributed by atoms with Gasteiger partial charge < -0.3 is 9.47 Å². The van der Waals surface area contributed by atoms with Gasteiger partial charge in [-0.1, -0.05) is 147 Å². The molecule has 0 radical (unpaired) electrons. The molecule has 0 aliphatic heterocycles. The summed E-state index contributed by atoms with van der Waals surface area (Å²) in [5.41, 5.74) is 0. The SMILES string of the molecule is CC/C=C/C/C=C\C/C=C\CCCCCCCC(=O)O[C@H](CCl)COC(=O)CCCCCCCCCCCCCCC. The lowest BCUT2D eigenvalue weighted by atomic mass is 10.0. The standard InChI is InChI=1S/C37H65ClO4/c1-3-5-7-9-11-13-15-17-18-20-22-24-26-28-30-32-37(40)42-35(33-38)34-41-36(39)31-29-27-25-23-21-19-16-14-12-10-8-6-4-2/h5,7,11,13,17-18,35H,3-4,6,8-10,12,14-16,19-34H2,1-2H3/b7-5+,13-11-,18-17-/t35-/m1/s1. The van der Waals surface area contributed by atoms with Crippen LogP contribution >= 0.6 is 11.6 Å². The van der Waals surface area contributed by atoms with Crippen LogP contribution in [-0.2, 0) is 19.1 Å². The first kappa shape index (κ1) is 40.5. The van der Waals surface area contributed by atoms with E-state index in [1.165, 1.54) is 83.5 Å². The first-order valence-corrected chi connectivity index (χ1v) is 18.0. The van der Waals surface area contributed by atoms with Crippen molar-refractivity contribution < 1.29 is 19.1 Å². The van der Waals surface area contributed by atoms with Gasteiger partial charge in [0.25, 0.3) is 0 Å². The quantitative estimate of drug-likeness (QED) is 0.0340. The molecule has 0 bridgehead atoms. The molecular weight excluding hydrogens is 544 g/mol. The van der Waals surface area contributed by atoms with E-state index in [-0.39, 0.29) is 24.4 Å². The minimum absolute atomic E-state index is 0.0474. The Kier molecular flexibility index (Phi) is 32.7. The molecule has 0 saturated heterocycles. The number of halogens is 1. The Balaban J connectivity index is 3.60. The van der Waals surface area contributed by atoms with Crippen LogP contribution in [0.2, 0.25) is 0 Å². The van der Waals surface area contributed by atoms with Crippen LogP contribution in [0.4, 0.5) is 0 Å². The monoisotopic (exact) mass is 608 g/mol. The molecule has 0 N–H and O–H groups in total. The molecule has 0 aromatic rings. The summed E-state index contributed by atoms with van der Waals surface area (Å²) in [6.45, 7) is 4.46. The van der Waals surface area contributed by atoms with Crippen LogP contribution in [0, 0.1) is 0 Å². The zero-order valence-electron chi connectivity index (χ0n) is 27.4. The number of carbonyl (C=O) groups is 2. The Morgan fingerprint density at radius 1 is 0.571 bits per heavy atom. The number of alkyl halides is 1. The maximum atomic E-state index is 12.2. The second kappa shape index (κ2) is 33.9. The molecule has 0 aliphatic rings. The van der Waals surface area contributed by atoms with E-state index in [2.05, 4.69) is 50.3 Å². The smallest absolute Gasteiger partial charge is 0.306 e. The fourth-order valence-electron chi connectivity index (χ4n) is 4.79. The zero-order valence-corrected chi connectivity index (χ0v) is 28.2. The van der Waals surface area contributed by atoms with Crippen LogP contribution in [-0.4, -0.2) is 30.5 Å². The third kappa shape index (κ3) is 31.4. The van der Waals surface area contributed by atoms with Crippen LogP contribution in [0.5, 0.6) is 0 Å². The van der Waals surface area contributed by atoms with Gasteiger partial charge in [-0.25, -0.2) is 0 Å². The number of esters is 2. The Morgan fingerprint density at radius 3 is 1.55 bits per heavy atom. The molecule has 42 heavy (non-hydrogen) atoms. The third-order valence-corrected chi connectivity index (χ3v) is 7.76. The number of unbranched alkanes of at least 4 members (excludes halogenated alkanes) is 17. The predicted octanol–water partition coefficient (Wildman–Crippen LogP) is 11.8. The van der Waals surface area contributed by atoms with Gasteiger partial charge in [0, 0.05) is 12.8 Å². The fraction of sp³-hybridized carbons (Fsp3) is 0.784. The molecule has 0 spiro atoms. The van der Waals surface area contributed by atoms with Gasteiger partial charge in [-0.2, -0.15) is 0 Å². The number of rotatable bonds is 31. The highest BCUT2D eigenvalue weighted by atomic mass is 35.5. The number of ether oxygens (including phenoxy) is 2. The largest absolute Gasteiger partial charge is 0.462 e. The van der Waals surface area contributed by atoms with Crippen molar-refractivity contribution in [3.63, 3.8) is 0 Å². The highest BCUT2D eigenvalue weighted by Gasteiger charge is 2.16. The maximum Gasteiger partial charge on any atom is 0.306 e. The van der Waals surface area contributed by atoms with E-state index in [4.69, 9.17) is 21.1 Å². The Bertz CT molecular complexity index is 685. The molecule has 0 saturated carbocycles. The van der Waals surface area contributed by atoms with Crippen molar-refractivity contribution >= 4 is 23.5 Å². The summed E-state index contributed by atoms with van der Waals surface area (Å²) in [4.78, 5) is 24.2.